The Morgan fingerprint density at radius 3 is 2.35 bits per heavy atom. The molecular formula is C16H14ClNO4S. The lowest BCUT2D eigenvalue weighted by Crippen LogP contribution is -2.44. The van der Waals surface area contributed by atoms with Crippen LogP contribution in [0.3, 0.4) is 0 Å². The highest BCUT2D eigenvalue weighted by atomic mass is 35.5. The lowest BCUT2D eigenvalue weighted by Gasteiger charge is -2.16. The van der Waals surface area contributed by atoms with Gasteiger partial charge in [-0.25, -0.2) is 8.42 Å². The van der Waals surface area contributed by atoms with Crippen molar-refractivity contribution in [3.63, 3.8) is 0 Å². The molecule has 1 fully saturated rings. The highest BCUT2D eigenvalue weighted by Gasteiger charge is 2.63. The molecule has 1 saturated carbocycles. The van der Waals surface area contributed by atoms with Gasteiger partial charge in [-0.3, -0.25) is 4.79 Å². The molecule has 1 aliphatic rings. The fourth-order valence-electron chi connectivity index (χ4n) is 2.70. The third kappa shape index (κ3) is 2.85. The Kier molecular flexibility index (Phi) is 3.91. The monoisotopic (exact) mass is 351 g/mol. The van der Waals surface area contributed by atoms with Crippen LogP contribution in [0.5, 0.6) is 0 Å². The molecule has 1 aliphatic carbocycles. The number of carboxylic acid groups (broad SMARTS) is 1. The van der Waals surface area contributed by atoms with Crippen LogP contribution in [-0.4, -0.2) is 25.0 Å². The van der Waals surface area contributed by atoms with E-state index < -0.39 is 27.4 Å². The fraction of sp³-hybridized carbons (Fsp3) is 0.188. The maximum Gasteiger partial charge on any atom is 0.325 e. The van der Waals surface area contributed by atoms with E-state index in [-0.39, 0.29) is 16.3 Å². The molecule has 2 atom stereocenters. The van der Waals surface area contributed by atoms with Crippen molar-refractivity contribution in [2.45, 2.75) is 22.8 Å². The van der Waals surface area contributed by atoms with Crippen molar-refractivity contribution >= 4 is 27.6 Å². The van der Waals surface area contributed by atoms with Crippen LogP contribution in [0, 0.1) is 0 Å². The summed E-state index contributed by atoms with van der Waals surface area (Å²) in [6.45, 7) is 0. The molecule has 2 unspecified atom stereocenters. The van der Waals surface area contributed by atoms with Crippen molar-refractivity contribution in [3.05, 3.63) is 65.2 Å². The second kappa shape index (κ2) is 5.63. The van der Waals surface area contributed by atoms with Crippen LogP contribution in [0.4, 0.5) is 0 Å². The summed E-state index contributed by atoms with van der Waals surface area (Å²) < 4.78 is 27.4. The molecule has 0 spiro atoms. The molecule has 120 valence electrons. The summed E-state index contributed by atoms with van der Waals surface area (Å²) >= 11 is 5.92. The average Bonchev–Trinajstić information content (AvgIpc) is 3.23. The summed E-state index contributed by atoms with van der Waals surface area (Å²) in [5.41, 5.74) is -0.740. The summed E-state index contributed by atoms with van der Waals surface area (Å²) in [4.78, 5) is 11.6. The van der Waals surface area contributed by atoms with Gasteiger partial charge in [0.1, 0.15) is 10.4 Å². The molecule has 7 heteroatoms. The molecule has 3 rings (SSSR count). The van der Waals surface area contributed by atoms with Gasteiger partial charge in [-0.05, 0) is 24.1 Å². The largest absolute Gasteiger partial charge is 0.480 e. The van der Waals surface area contributed by atoms with Gasteiger partial charge in [-0.15, -0.1) is 0 Å². The van der Waals surface area contributed by atoms with Crippen LogP contribution in [0.25, 0.3) is 0 Å². The van der Waals surface area contributed by atoms with Gasteiger partial charge >= 0.3 is 5.97 Å². The molecule has 0 aromatic heterocycles. The highest BCUT2D eigenvalue weighted by molar-refractivity contribution is 7.89. The summed E-state index contributed by atoms with van der Waals surface area (Å²) in [6.07, 6.45) is 0.204. The first-order valence-electron chi connectivity index (χ1n) is 6.94. The highest BCUT2D eigenvalue weighted by Crippen LogP contribution is 2.52. The van der Waals surface area contributed by atoms with Gasteiger partial charge in [0.2, 0.25) is 10.0 Å². The minimum absolute atomic E-state index is 0.0532. The minimum Gasteiger partial charge on any atom is -0.480 e. The topological polar surface area (TPSA) is 83.5 Å². The standard InChI is InChI=1S/C16H14ClNO4S/c17-13-8-4-5-9-14(13)23(21,22)18-16(15(19)20)10-12(16)11-6-2-1-3-7-11/h1-9,12,18H,10H2,(H,19,20). The van der Waals surface area contributed by atoms with Gasteiger partial charge in [0, 0.05) is 5.92 Å². The van der Waals surface area contributed by atoms with Crippen molar-refractivity contribution < 1.29 is 18.3 Å². The van der Waals surface area contributed by atoms with E-state index >= 15 is 0 Å². The third-order valence-electron chi connectivity index (χ3n) is 3.99. The van der Waals surface area contributed by atoms with Crippen molar-refractivity contribution in [1.82, 2.24) is 4.72 Å². The van der Waals surface area contributed by atoms with E-state index in [1.807, 2.05) is 6.07 Å². The van der Waals surface area contributed by atoms with E-state index in [1.165, 1.54) is 18.2 Å². The average molecular weight is 352 g/mol. The first-order valence-corrected chi connectivity index (χ1v) is 8.80. The summed E-state index contributed by atoms with van der Waals surface area (Å²) in [5, 5.41) is 9.61. The molecular weight excluding hydrogens is 338 g/mol. The molecule has 23 heavy (non-hydrogen) atoms. The number of halogens is 1. The minimum atomic E-state index is -4.03. The molecule has 2 aromatic carbocycles. The predicted octanol–water partition coefficient (Wildman–Crippen LogP) is 2.63. The normalized spacial score (nSPS) is 23.4. The molecule has 0 radical (unpaired) electrons. The molecule has 2 aromatic rings. The van der Waals surface area contributed by atoms with Crippen molar-refractivity contribution in [2.75, 3.05) is 0 Å². The molecule has 5 nitrogen and oxygen atoms in total. The number of benzene rings is 2. The molecule has 0 amide bonds. The SMILES string of the molecule is O=C(O)C1(NS(=O)(=O)c2ccccc2Cl)CC1c1ccccc1. The van der Waals surface area contributed by atoms with Gasteiger partial charge in [0.25, 0.3) is 0 Å². The molecule has 0 bridgehead atoms. The second-order valence-corrected chi connectivity index (χ2v) is 7.54. The Balaban J connectivity index is 1.94. The first kappa shape index (κ1) is 16.0. The van der Waals surface area contributed by atoms with Gasteiger partial charge in [-0.2, -0.15) is 4.72 Å². The van der Waals surface area contributed by atoms with Crippen LogP contribution >= 0.6 is 11.6 Å². The Morgan fingerprint density at radius 2 is 1.74 bits per heavy atom. The molecule has 0 heterocycles. The van der Waals surface area contributed by atoms with Crippen LogP contribution in [0.15, 0.2) is 59.5 Å². The van der Waals surface area contributed by atoms with Gasteiger partial charge in [-0.1, -0.05) is 54.1 Å². The van der Waals surface area contributed by atoms with E-state index in [2.05, 4.69) is 4.72 Å². The zero-order valence-electron chi connectivity index (χ0n) is 11.9. The number of rotatable bonds is 5. The number of nitrogens with one attached hydrogen (secondary N) is 1. The number of aliphatic carboxylic acids is 1. The summed E-state index contributed by atoms with van der Waals surface area (Å²) in [6, 6.07) is 14.9. The van der Waals surface area contributed by atoms with Crippen LogP contribution < -0.4 is 4.72 Å². The maximum atomic E-state index is 12.5. The second-order valence-electron chi connectivity index (χ2n) is 5.48. The van der Waals surface area contributed by atoms with E-state index in [0.29, 0.717) is 0 Å². The first-order chi connectivity index (χ1) is 10.9. The summed E-state index contributed by atoms with van der Waals surface area (Å²) in [7, 11) is -4.03. The number of sulfonamides is 1. The quantitative estimate of drug-likeness (QED) is 0.867. The number of carboxylic acids is 1. The fourth-order valence-corrected chi connectivity index (χ4v) is 4.63. The zero-order valence-corrected chi connectivity index (χ0v) is 13.5. The Hall–Kier alpha value is -1.89. The van der Waals surface area contributed by atoms with Gasteiger partial charge in [0.05, 0.1) is 5.02 Å². The number of carbonyl (C=O) groups is 1. The predicted molar refractivity (Wildman–Crippen MR) is 85.9 cm³/mol. The molecule has 0 aliphatic heterocycles. The zero-order chi connectivity index (χ0) is 16.7. The van der Waals surface area contributed by atoms with E-state index in [1.54, 1.807) is 30.3 Å². The van der Waals surface area contributed by atoms with Crippen molar-refractivity contribution in [1.29, 1.82) is 0 Å². The van der Waals surface area contributed by atoms with Crippen molar-refractivity contribution in [2.24, 2.45) is 0 Å². The number of hydrogen-bond acceptors (Lipinski definition) is 3. The Morgan fingerprint density at radius 1 is 1.13 bits per heavy atom. The summed E-state index contributed by atoms with van der Waals surface area (Å²) in [5.74, 6) is -1.60. The third-order valence-corrected chi connectivity index (χ3v) is 6.00. The van der Waals surface area contributed by atoms with Gasteiger partial charge < -0.3 is 5.11 Å². The van der Waals surface area contributed by atoms with E-state index in [9.17, 15) is 18.3 Å². The van der Waals surface area contributed by atoms with Crippen molar-refractivity contribution in [3.8, 4) is 0 Å². The number of hydrogen-bond donors (Lipinski definition) is 2. The van der Waals surface area contributed by atoms with E-state index in [0.717, 1.165) is 5.56 Å². The maximum absolute atomic E-state index is 12.5. The van der Waals surface area contributed by atoms with Crippen LogP contribution in [-0.2, 0) is 14.8 Å². The van der Waals surface area contributed by atoms with Crippen LogP contribution in [0.2, 0.25) is 5.02 Å². The Labute approximate surface area is 139 Å². The van der Waals surface area contributed by atoms with Gasteiger partial charge in [0.15, 0.2) is 0 Å². The van der Waals surface area contributed by atoms with E-state index in [4.69, 9.17) is 11.6 Å². The smallest absolute Gasteiger partial charge is 0.325 e. The molecule has 0 saturated heterocycles. The Bertz CT molecular complexity index is 853. The lowest BCUT2D eigenvalue weighted by molar-refractivity contribution is -0.140. The van der Waals surface area contributed by atoms with Crippen LogP contribution in [0.1, 0.15) is 17.9 Å². The lowest BCUT2D eigenvalue weighted by atomic mass is 10.1. The molecule has 2 N–H and O–H groups in total.